The summed E-state index contributed by atoms with van der Waals surface area (Å²) < 4.78 is 6.79. The molecular weight excluding hydrogens is 264 g/mol. The summed E-state index contributed by atoms with van der Waals surface area (Å²) >= 11 is 1.19. The van der Waals surface area contributed by atoms with E-state index in [0.717, 1.165) is 16.0 Å². The summed E-state index contributed by atoms with van der Waals surface area (Å²) in [6, 6.07) is 3.83. The van der Waals surface area contributed by atoms with E-state index in [9.17, 15) is 9.90 Å². The largest absolute Gasteiger partial charge is 0.504 e. The second kappa shape index (κ2) is 4.24. The number of rotatable bonds is 2. The maximum absolute atomic E-state index is 11.7. The highest BCUT2D eigenvalue weighted by Gasteiger charge is 2.22. The molecule has 0 aromatic carbocycles. The summed E-state index contributed by atoms with van der Waals surface area (Å²) in [4.78, 5) is 17.0. The van der Waals surface area contributed by atoms with Crippen LogP contribution < -0.4 is 0 Å². The summed E-state index contributed by atoms with van der Waals surface area (Å²) in [5.74, 6) is -0.607. The topological polar surface area (TPSA) is 63.8 Å². The summed E-state index contributed by atoms with van der Waals surface area (Å²) in [5, 5.41) is 10.1. The number of imidazole rings is 1. The van der Waals surface area contributed by atoms with Crippen molar-refractivity contribution in [1.29, 1.82) is 0 Å². The van der Waals surface area contributed by atoms with Gasteiger partial charge in [-0.05, 0) is 25.5 Å². The van der Waals surface area contributed by atoms with Crippen LogP contribution in [0.15, 0.2) is 18.3 Å². The third kappa shape index (κ3) is 1.76. The van der Waals surface area contributed by atoms with Crippen LogP contribution in [-0.4, -0.2) is 27.1 Å². The number of carbonyl (C=O) groups excluding carboxylic acids is 1. The van der Waals surface area contributed by atoms with E-state index in [0.29, 0.717) is 5.52 Å². The van der Waals surface area contributed by atoms with Gasteiger partial charge in [-0.15, -0.1) is 11.3 Å². The number of aromatic hydroxyl groups is 1. The van der Waals surface area contributed by atoms with Crippen LogP contribution in [0, 0.1) is 6.92 Å². The van der Waals surface area contributed by atoms with Crippen LogP contribution in [0.3, 0.4) is 0 Å². The van der Waals surface area contributed by atoms with E-state index in [1.54, 1.807) is 6.92 Å². The van der Waals surface area contributed by atoms with Crippen LogP contribution >= 0.6 is 11.3 Å². The first kappa shape index (κ1) is 12.0. The molecule has 3 aromatic heterocycles. The molecule has 19 heavy (non-hydrogen) atoms. The predicted molar refractivity (Wildman–Crippen MR) is 72.9 cm³/mol. The predicted octanol–water partition coefficient (Wildman–Crippen LogP) is 2.74. The Morgan fingerprint density at radius 1 is 1.53 bits per heavy atom. The second-order valence-corrected chi connectivity index (χ2v) is 5.20. The minimum Gasteiger partial charge on any atom is -0.504 e. The first-order valence-electron chi connectivity index (χ1n) is 5.89. The number of fused-ring (bicyclic) bond motifs is 3. The lowest BCUT2D eigenvalue weighted by Crippen LogP contribution is -2.02. The molecular formula is C13H12N2O3S. The van der Waals surface area contributed by atoms with E-state index in [1.165, 1.54) is 11.3 Å². The van der Waals surface area contributed by atoms with Crippen LogP contribution in [0.5, 0.6) is 5.75 Å². The fourth-order valence-corrected chi connectivity index (χ4v) is 2.98. The average molecular weight is 276 g/mol. The molecule has 5 nitrogen and oxygen atoms in total. The Hall–Kier alpha value is -2.08. The van der Waals surface area contributed by atoms with Crippen molar-refractivity contribution in [1.82, 2.24) is 9.38 Å². The van der Waals surface area contributed by atoms with E-state index in [-0.39, 0.29) is 17.2 Å². The molecule has 1 N–H and O–H groups in total. The van der Waals surface area contributed by atoms with Crippen LogP contribution in [0.25, 0.3) is 16.0 Å². The number of esters is 1. The van der Waals surface area contributed by atoms with Gasteiger partial charge >= 0.3 is 5.97 Å². The molecule has 98 valence electrons. The fourth-order valence-electron chi connectivity index (χ4n) is 1.97. The smallest absolute Gasteiger partial charge is 0.352 e. The molecule has 0 unspecified atom stereocenters. The number of aryl methyl sites for hydroxylation is 1. The van der Waals surface area contributed by atoms with Crippen molar-refractivity contribution >= 4 is 33.3 Å². The van der Waals surface area contributed by atoms with Gasteiger partial charge in [-0.3, -0.25) is 4.40 Å². The van der Waals surface area contributed by atoms with Gasteiger partial charge in [0.05, 0.1) is 6.61 Å². The molecule has 0 atom stereocenters. The number of aromatic nitrogens is 2. The minimum atomic E-state index is -0.510. The fraction of sp³-hybridized carbons (Fsp3) is 0.231. The summed E-state index contributed by atoms with van der Waals surface area (Å²) in [7, 11) is 0. The highest BCUT2D eigenvalue weighted by Crippen LogP contribution is 2.37. The number of ether oxygens (including phenoxy) is 1. The van der Waals surface area contributed by atoms with E-state index < -0.39 is 5.97 Å². The first-order chi connectivity index (χ1) is 9.11. The molecule has 3 rings (SSSR count). The summed E-state index contributed by atoms with van der Waals surface area (Å²) in [5.41, 5.74) is 2.27. The van der Waals surface area contributed by atoms with Gasteiger partial charge in [0.1, 0.15) is 16.0 Å². The van der Waals surface area contributed by atoms with Crippen molar-refractivity contribution in [3.63, 3.8) is 0 Å². The number of nitrogens with zero attached hydrogens (tertiary/aromatic N) is 2. The van der Waals surface area contributed by atoms with Gasteiger partial charge in [-0.2, -0.15) is 0 Å². The van der Waals surface area contributed by atoms with E-state index in [4.69, 9.17) is 4.74 Å². The van der Waals surface area contributed by atoms with Crippen molar-refractivity contribution in [2.45, 2.75) is 13.8 Å². The van der Waals surface area contributed by atoms with Crippen LogP contribution in [0.2, 0.25) is 0 Å². The Morgan fingerprint density at radius 3 is 3.05 bits per heavy atom. The van der Waals surface area contributed by atoms with E-state index >= 15 is 0 Å². The van der Waals surface area contributed by atoms with Crippen molar-refractivity contribution in [2.75, 3.05) is 6.61 Å². The van der Waals surface area contributed by atoms with Gasteiger partial charge < -0.3 is 9.84 Å². The van der Waals surface area contributed by atoms with Gasteiger partial charge in [0, 0.05) is 6.20 Å². The minimum absolute atomic E-state index is 0.0974. The lowest BCUT2D eigenvalue weighted by molar-refractivity contribution is 0.0529. The maximum atomic E-state index is 11.7. The monoisotopic (exact) mass is 276 g/mol. The van der Waals surface area contributed by atoms with Crippen molar-refractivity contribution in [2.24, 2.45) is 0 Å². The number of thiophene rings is 1. The maximum Gasteiger partial charge on any atom is 0.352 e. The number of hydrogen-bond acceptors (Lipinski definition) is 5. The lowest BCUT2D eigenvalue weighted by Gasteiger charge is -1.99. The molecule has 0 spiro atoms. The van der Waals surface area contributed by atoms with Gasteiger partial charge in [-0.1, -0.05) is 6.07 Å². The van der Waals surface area contributed by atoms with Gasteiger partial charge in [0.15, 0.2) is 10.6 Å². The molecule has 3 aromatic rings. The third-order valence-corrected chi connectivity index (χ3v) is 3.97. The molecule has 0 radical (unpaired) electrons. The van der Waals surface area contributed by atoms with Crippen molar-refractivity contribution in [3.8, 4) is 5.75 Å². The van der Waals surface area contributed by atoms with Gasteiger partial charge in [-0.25, -0.2) is 9.78 Å². The van der Waals surface area contributed by atoms with Crippen molar-refractivity contribution in [3.05, 3.63) is 28.8 Å². The standard InChI is InChI=1S/C13H12N2O3S/c1-3-18-13(17)11-10(16)9-12(19-11)15-6-7(2)4-5-8(15)14-9/h4-6,16H,3H2,1-2H3. The van der Waals surface area contributed by atoms with Gasteiger partial charge in [0.25, 0.3) is 0 Å². The summed E-state index contributed by atoms with van der Waals surface area (Å²) in [6.45, 7) is 3.99. The highest BCUT2D eigenvalue weighted by molar-refractivity contribution is 7.20. The molecule has 0 saturated heterocycles. The van der Waals surface area contributed by atoms with Crippen molar-refractivity contribution < 1.29 is 14.6 Å². The van der Waals surface area contributed by atoms with Crippen LogP contribution in [0.4, 0.5) is 0 Å². The Bertz CT molecular complexity index is 788. The molecule has 0 aliphatic carbocycles. The zero-order valence-corrected chi connectivity index (χ0v) is 11.3. The Morgan fingerprint density at radius 2 is 2.32 bits per heavy atom. The highest BCUT2D eigenvalue weighted by atomic mass is 32.1. The lowest BCUT2D eigenvalue weighted by atomic mass is 10.3. The number of pyridine rings is 1. The van der Waals surface area contributed by atoms with E-state index in [1.807, 2.05) is 29.7 Å². The Labute approximate surface area is 113 Å². The van der Waals surface area contributed by atoms with E-state index in [2.05, 4.69) is 4.98 Å². The van der Waals surface area contributed by atoms with Gasteiger partial charge in [0.2, 0.25) is 0 Å². The Kier molecular flexibility index (Phi) is 2.67. The molecule has 0 fully saturated rings. The van der Waals surface area contributed by atoms with Crippen LogP contribution in [-0.2, 0) is 4.74 Å². The normalized spacial score (nSPS) is 11.3. The molecule has 3 heterocycles. The molecule has 0 amide bonds. The van der Waals surface area contributed by atoms with Crippen LogP contribution in [0.1, 0.15) is 22.2 Å². The molecule has 0 saturated carbocycles. The zero-order chi connectivity index (χ0) is 13.6. The number of carbonyl (C=O) groups is 1. The third-order valence-electron chi connectivity index (χ3n) is 2.82. The quantitative estimate of drug-likeness (QED) is 0.731. The number of hydrogen-bond donors (Lipinski definition) is 1. The molecule has 0 bridgehead atoms. The Balaban J connectivity index is 2.26. The summed E-state index contributed by atoms with van der Waals surface area (Å²) in [6.07, 6.45) is 1.93. The molecule has 6 heteroatoms. The average Bonchev–Trinajstić information content (AvgIpc) is 2.88. The molecule has 0 aliphatic heterocycles. The first-order valence-corrected chi connectivity index (χ1v) is 6.70. The molecule has 0 aliphatic rings. The zero-order valence-electron chi connectivity index (χ0n) is 10.5. The second-order valence-electron chi connectivity index (χ2n) is 4.20. The SMILES string of the molecule is CCOC(=O)c1sc2c(nc3ccc(C)cn32)c1O.